The average molecular weight is 432 g/mol. The maximum atomic E-state index is 12.4. The molecular formula is C16H11Cl2NO3S3. The summed E-state index contributed by atoms with van der Waals surface area (Å²) in [7, 11) is -3.81. The normalized spacial score (nSPS) is 11.6. The van der Waals surface area contributed by atoms with E-state index in [0.717, 1.165) is 4.88 Å². The minimum absolute atomic E-state index is 0.0630. The van der Waals surface area contributed by atoms with E-state index in [9.17, 15) is 13.2 Å². The molecule has 0 saturated carbocycles. The molecule has 25 heavy (non-hydrogen) atoms. The summed E-state index contributed by atoms with van der Waals surface area (Å²) in [5.74, 6) is -0.0630. The van der Waals surface area contributed by atoms with E-state index < -0.39 is 10.0 Å². The van der Waals surface area contributed by atoms with Gasteiger partial charge in [0, 0.05) is 16.4 Å². The predicted octanol–water partition coefficient (Wildman–Crippen LogP) is 4.83. The highest BCUT2D eigenvalue weighted by molar-refractivity contribution is 7.89. The molecule has 0 aliphatic heterocycles. The van der Waals surface area contributed by atoms with E-state index in [0.29, 0.717) is 9.75 Å². The van der Waals surface area contributed by atoms with Gasteiger partial charge in [0.25, 0.3) is 0 Å². The van der Waals surface area contributed by atoms with Crippen molar-refractivity contribution in [3.05, 3.63) is 72.5 Å². The fourth-order valence-electron chi connectivity index (χ4n) is 2.05. The van der Waals surface area contributed by atoms with Gasteiger partial charge < -0.3 is 0 Å². The van der Waals surface area contributed by atoms with Gasteiger partial charge in [0.2, 0.25) is 15.8 Å². The van der Waals surface area contributed by atoms with Gasteiger partial charge in [-0.05, 0) is 41.8 Å². The first-order valence-corrected chi connectivity index (χ1v) is 10.9. The zero-order valence-electron chi connectivity index (χ0n) is 12.5. The van der Waals surface area contributed by atoms with E-state index >= 15 is 0 Å². The summed E-state index contributed by atoms with van der Waals surface area (Å²) < 4.78 is 27.3. The number of carbonyl (C=O) groups excluding carboxylic acids is 1. The molecule has 0 saturated heterocycles. The Hall–Kier alpha value is -1.22. The quantitative estimate of drug-likeness (QED) is 0.568. The van der Waals surface area contributed by atoms with Gasteiger partial charge in [-0.25, -0.2) is 13.1 Å². The van der Waals surface area contributed by atoms with E-state index in [2.05, 4.69) is 4.72 Å². The summed E-state index contributed by atoms with van der Waals surface area (Å²) in [5.41, 5.74) is 0. The molecule has 0 radical (unpaired) electrons. The molecule has 0 atom stereocenters. The zero-order valence-corrected chi connectivity index (χ0v) is 16.5. The molecule has 0 bridgehead atoms. The lowest BCUT2D eigenvalue weighted by Gasteiger charge is -2.07. The lowest BCUT2D eigenvalue weighted by Crippen LogP contribution is -2.23. The standard InChI is InChI=1S/C16H11Cl2NO3S3/c17-10-3-5-12(18)15(8-10)25(21,22)19-9-11-4-6-14(24-11)16(20)13-2-1-7-23-13/h1-8,19H,9H2. The number of hydrogen-bond acceptors (Lipinski definition) is 5. The van der Waals surface area contributed by atoms with Crippen LogP contribution in [-0.2, 0) is 16.6 Å². The molecular weight excluding hydrogens is 421 g/mol. The van der Waals surface area contributed by atoms with E-state index in [1.165, 1.54) is 40.9 Å². The second-order valence-electron chi connectivity index (χ2n) is 4.97. The Balaban J connectivity index is 1.74. The first-order valence-electron chi connectivity index (χ1n) is 6.98. The average Bonchev–Trinajstić information content (AvgIpc) is 3.26. The third-order valence-corrected chi connectivity index (χ3v) is 7.32. The van der Waals surface area contributed by atoms with Crippen LogP contribution in [0, 0.1) is 0 Å². The number of nitrogens with one attached hydrogen (secondary N) is 1. The van der Waals surface area contributed by atoms with E-state index in [1.54, 1.807) is 18.2 Å². The predicted molar refractivity (Wildman–Crippen MR) is 103 cm³/mol. The maximum absolute atomic E-state index is 12.4. The second kappa shape index (κ2) is 7.57. The Morgan fingerprint density at radius 1 is 1.08 bits per heavy atom. The molecule has 9 heteroatoms. The largest absolute Gasteiger partial charge is 0.287 e. The zero-order chi connectivity index (χ0) is 18.0. The van der Waals surface area contributed by atoms with E-state index in [1.807, 2.05) is 11.4 Å². The number of hydrogen-bond donors (Lipinski definition) is 1. The first-order chi connectivity index (χ1) is 11.9. The molecule has 1 aromatic carbocycles. The smallest absolute Gasteiger partial charge is 0.242 e. The van der Waals surface area contributed by atoms with Gasteiger partial charge >= 0.3 is 0 Å². The Morgan fingerprint density at radius 3 is 2.60 bits per heavy atom. The SMILES string of the molecule is O=C(c1cccs1)c1ccc(CNS(=O)(=O)c2cc(Cl)ccc2Cl)s1. The summed E-state index contributed by atoms with van der Waals surface area (Å²) in [4.78, 5) is 14.1. The minimum atomic E-state index is -3.81. The topological polar surface area (TPSA) is 63.2 Å². The van der Waals surface area contributed by atoms with Crippen LogP contribution < -0.4 is 4.72 Å². The molecule has 130 valence electrons. The van der Waals surface area contributed by atoms with Crippen molar-refractivity contribution in [2.75, 3.05) is 0 Å². The van der Waals surface area contributed by atoms with Crippen LogP contribution in [0.1, 0.15) is 19.4 Å². The summed E-state index contributed by atoms with van der Waals surface area (Å²) in [6.45, 7) is 0.0631. The van der Waals surface area contributed by atoms with Gasteiger partial charge in [0.1, 0.15) is 4.90 Å². The van der Waals surface area contributed by atoms with Gasteiger partial charge in [-0.2, -0.15) is 0 Å². The van der Waals surface area contributed by atoms with Crippen molar-refractivity contribution in [1.29, 1.82) is 0 Å². The van der Waals surface area contributed by atoms with E-state index in [4.69, 9.17) is 23.2 Å². The van der Waals surface area contributed by atoms with Crippen molar-refractivity contribution in [3.8, 4) is 0 Å². The van der Waals surface area contributed by atoms with Crippen LogP contribution in [0.5, 0.6) is 0 Å². The van der Waals surface area contributed by atoms with Crippen LogP contribution in [0.15, 0.2) is 52.7 Å². The van der Waals surface area contributed by atoms with Crippen molar-refractivity contribution < 1.29 is 13.2 Å². The first kappa shape index (κ1) is 18.6. The lowest BCUT2D eigenvalue weighted by atomic mass is 10.3. The maximum Gasteiger partial charge on any atom is 0.242 e. The highest BCUT2D eigenvalue weighted by atomic mass is 35.5. The molecule has 0 fully saturated rings. The number of carbonyl (C=O) groups is 1. The van der Waals surface area contributed by atoms with Crippen LogP contribution in [0.2, 0.25) is 10.0 Å². The van der Waals surface area contributed by atoms with Crippen molar-refractivity contribution >= 4 is 61.7 Å². The van der Waals surface area contributed by atoms with Crippen molar-refractivity contribution in [2.45, 2.75) is 11.4 Å². The van der Waals surface area contributed by atoms with Crippen molar-refractivity contribution in [1.82, 2.24) is 4.72 Å². The fourth-order valence-corrected chi connectivity index (χ4v) is 5.55. The van der Waals surface area contributed by atoms with Crippen LogP contribution in [0.25, 0.3) is 0 Å². The molecule has 1 N–H and O–H groups in total. The van der Waals surface area contributed by atoms with Crippen molar-refractivity contribution in [3.63, 3.8) is 0 Å². The number of halogens is 2. The Kier molecular flexibility index (Phi) is 5.62. The van der Waals surface area contributed by atoms with Gasteiger partial charge in [-0.15, -0.1) is 22.7 Å². The Bertz CT molecular complexity index is 1010. The fraction of sp³-hybridized carbons (Fsp3) is 0.0625. The Morgan fingerprint density at radius 2 is 1.88 bits per heavy atom. The summed E-state index contributed by atoms with van der Waals surface area (Å²) >= 11 is 14.4. The number of ketones is 1. The second-order valence-corrected chi connectivity index (χ2v) is 9.67. The molecule has 4 nitrogen and oxygen atoms in total. The number of sulfonamides is 1. The third kappa shape index (κ3) is 4.31. The molecule has 0 aliphatic carbocycles. The monoisotopic (exact) mass is 431 g/mol. The lowest BCUT2D eigenvalue weighted by molar-refractivity contribution is 0.104. The molecule has 0 aliphatic rings. The van der Waals surface area contributed by atoms with E-state index in [-0.39, 0.29) is 27.3 Å². The molecule has 2 aromatic heterocycles. The van der Waals surface area contributed by atoms with Gasteiger partial charge in [0.15, 0.2) is 0 Å². The highest BCUT2D eigenvalue weighted by Crippen LogP contribution is 2.26. The van der Waals surface area contributed by atoms with Gasteiger partial charge in [-0.1, -0.05) is 29.3 Å². The highest BCUT2D eigenvalue weighted by Gasteiger charge is 2.19. The van der Waals surface area contributed by atoms with Crippen LogP contribution in [-0.4, -0.2) is 14.2 Å². The molecule has 3 rings (SSSR count). The number of benzene rings is 1. The van der Waals surface area contributed by atoms with Crippen molar-refractivity contribution in [2.24, 2.45) is 0 Å². The molecule has 0 spiro atoms. The van der Waals surface area contributed by atoms with Crippen LogP contribution in [0.4, 0.5) is 0 Å². The van der Waals surface area contributed by atoms with Crippen LogP contribution >= 0.6 is 45.9 Å². The minimum Gasteiger partial charge on any atom is -0.287 e. The molecule has 0 amide bonds. The summed E-state index contributed by atoms with van der Waals surface area (Å²) in [6, 6.07) is 11.3. The summed E-state index contributed by atoms with van der Waals surface area (Å²) in [5, 5.41) is 2.21. The number of thiophene rings is 2. The number of rotatable bonds is 6. The van der Waals surface area contributed by atoms with Gasteiger partial charge in [-0.3, -0.25) is 4.79 Å². The van der Waals surface area contributed by atoms with Crippen LogP contribution in [0.3, 0.4) is 0 Å². The Labute approximate surface area is 163 Å². The molecule has 0 unspecified atom stereocenters. The molecule has 2 heterocycles. The third-order valence-electron chi connectivity index (χ3n) is 3.25. The summed E-state index contributed by atoms with van der Waals surface area (Å²) in [6.07, 6.45) is 0. The van der Waals surface area contributed by atoms with Gasteiger partial charge in [0.05, 0.1) is 14.8 Å². The molecule has 3 aromatic rings.